The molecule has 1 aromatic rings. The molecule has 110 heavy (non-hydrogen) atoms. The Hall–Kier alpha value is -7.38. The first kappa shape index (κ1) is 86.6. The van der Waals surface area contributed by atoms with Crippen molar-refractivity contribution in [3.05, 3.63) is 72.4 Å². The summed E-state index contributed by atoms with van der Waals surface area (Å²) in [7, 11) is 0. The van der Waals surface area contributed by atoms with Gasteiger partial charge in [-0.05, 0) is 125 Å². The van der Waals surface area contributed by atoms with E-state index in [4.69, 9.17) is 48.5 Å². The molecule has 2 saturated heterocycles. The summed E-state index contributed by atoms with van der Waals surface area (Å²) in [5.41, 5.74) is -5.02. The number of rotatable bonds is 39. The van der Waals surface area contributed by atoms with E-state index in [9.17, 15) is 63.9 Å². The lowest BCUT2D eigenvalue weighted by molar-refractivity contribution is -0.234. The maximum atomic E-state index is 18.1. The van der Waals surface area contributed by atoms with Crippen LogP contribution in [0.1, 0.15) is 131 Å². The van der Waals surface area contributed by atoms with Crippen LogP contribution >= 0.6 is 0 Å². The molecule has 31 nitrogen and oxygen atoms in total. The number of allylic oxidation sites excluding steroid dienone is 5. The first-order valence-corrected chi connectivity index (χ1v) is 38.3. The molecule has 0 bridgehead atoms. The monoisotopic (exact) mass is 1550 g/mol. The average Bonchev–Trinajstić information content (AvgIpc) is 1.44. The number of hydrazone groups is 1. The number of nitrogens with zero attached hydrogens (tertiary/aromatic N) is 3. The van der Waals surface area contributed by atoms with Gasteiger partial charge in [-0.15, -0.1) is 0 Å². The first-order valence-electron chi connectivity index (χ1n) is 38.3. The van der Waals surface area contributed by atoms with Gasteiger partial charge in [-0.3, -0.25) is 48.2 Å². The summed E-state index contributed by atoms with van der Waals surface area (Å²) >= 11 is 0. The van der Waals surface area contributed by atoms with Gasteiger partial charge < -0.3 is 101 Å². The Labute approximate surface area is 639 Å². The number of aliphatic imine (C=N–C) groups is 1. The number of amides is 7. The van der Waals surface area contributed by atoms with Crippen LogP contribution in [0.15, 0.2) is 82.5 Å². The first-order chi connectivity index (χ1) is 52.5. The van der Waals surface area contributed by atoms with Crippen molar-refractivity contribution in [2.75, 3.05) is 91.1 Å². The molecular weight excluding hydrogens is 1440 g/mol. The predicted octanol–water partition coefficient (Wildman–Crippen LogP) is 2.47. The molecule has 0 spiro atoms. The third kappa shape index (κ3) is 20.0. The summed E-state index contributed by atoms with van der Waals surface area (Å²) < 4.78 is 87.5. The molecule has 8 aliphatic rings. The van der Waals surface area contributed by atoms with Gasteiger partial charge in [-0.25, -0.2) is 8.78 Å². The van der Waals surface area contributed by atoms with Crippen LogP contribution in [-0.2, 0) is 76.3 Å². The Bertz CT molecular complexity index is 3550. The number of ether oxygens (including phenoxy) is 9. The summed E-state index contributed by atoms with van der Waals surface area (Å²) in [5, 5.41) is 70.9. The fraction of sp³-hybridized carbons (Fsp3) is 0.688. The molecule has 4 saturated carbocycles. The molecule has 12 N–H and O–H groups in total. The Morgan fingerprint density at radius 2 is 1.47 bits per heavy atom. The molecule has 1 aromatic carbocycles. The lowest BCUT2D eigenvalue weighted by Gasteiger charge is -2.63. The summed E-state index contributed by atoms with van der Waals surface area (Å²) in [6.45, 7) is 14.3. The minimum atomic E-state index is -2.27. The van der Waals surface area contributed by atoms with Crippen LogP contribution in [0, 0.1) is 28.6 Å². The number of nitrogens with one attached hydrogen (secondary N) is 5. The van der Waals surface area contributed by atoms with Crippen molar-refractivity contribution in [3.8, 4) is 5.75 Å². The van der Waals surface area contributed by atoms with Crippen molar-refractivity contribution in [2.24, 2.45) is 44.5 Å². The quantitative estimate of drug-likeness (QED) is 0.0195. The second kappa shape index (κ2) is 39.4. The average molecular weight is 1550 g/mol. The molecule has 33 heteroatoms. The van der Waals surface area contributed by atoms with Gasteiger partial charge in [0.15, 0.2) is 23.8 Å². The second-order valence-electron chi connectivity index (χ2n) is 30.2. The number of imide groups is 1. The highest BCUT2D eigenvalue weighted by Crippen LogP contribution is 2.72. The number of ketones is 1. The van der Waals surface area contributed by atoms with Crippen molar-refractivity contribution < 1.29 is 115 Å². The van der Waals surface area contributed by atoms with E-state index < -0.39 is 175 Å². The number of hydrogen-bond acceptors (Lipinski definition) is 25. The molecule has 6 fully saturated rings. The largest absolute Gasteiger partial charge is 0.486 e. The Balaban J connectivity index is 0.754. The predicted molar refractivity (Wildman–Crippen MR) is 394 cm³/mol. The molecule has 9 rings (SSSR count). The molecule has 7 amide bonds. The fourth-order valence-corrected chi connectivity index (χ4v) is 16.5. The van der Waals surface area contributed by atoms with E-state index in [-0.39, 0.29) is 133 Å². The topological polar surface area (TPSA) is 435 Å². The van der Waals surface area contributed by atoms with Crippen LogP contribution in [-0.4, -0.2) is 266 Å². The van der Waals surface area contributed by atoms with Crippen molar-refractivity contribution >= 4 is 64.2 Å². The summed E-state index contributed by atoms with van der Waals surface area (Å²) in [6, 6.07) is 2.58. The molecule has 610 valence electrons. The number of benzene rings is 1. The van der Waals surface area contributed by atoms with E-state index in [2.05, 4.69) is 43.3 Å². The third-order valence-electron chi connectivity index (χ3n) is 22.5. The van der Waals surface area contributed by atoms with E-state index in [1.807, 2.05) is 13.8 Å². The van der Waals surface area contributed by atoms with Gasteiger partial charge in [-0.2, -0.15) is 5.10 Å². The number of unbranched alkanes of at least 4 members (excludes halogenated alkanes) is 1. The number of halogens is 2. The number of fused-ring (bicyclic) bond motifs is 7. The van der Waals surface area contributed by atoms with Gasteiger partial charge in [0.05, 0.1) is 83.9 Å². The van der Waals surface area contributed by atoms with Crippen molar-refractivity contribution in [1.29, 1.82) is 0 Å². The Morgan fingerprint density at radius 3 is 2.14 bits per heavy atom. The van der Waals surface area contributed by atoms with Crippen LogP contribution in [0.3, 0.4) is 0 Å². The maximum absolute atomic E-state index is 18.1. The SMILES string of the molecule is C=C1C=C[C@@]2(C)C(=C1)[C@@H](F)C[C@H]1[C@@H]3C[C@H]4OC(CCC)O[C@@]4(C(=O)COc4ccc(NC(=O)[C@H](C)NC(=O)[C@@H](NC(=O)[C@@H](CCCCNC(=O)COC5CCCCCC(=N[C@@H]6O[C@H](CO)[C@H](O)[C@H](O)[C@H]6O)C5=NN)NC(=O)CCOCCOCCOCCOCCN5C(=O)C=CC5=O)C(C)C)cc4)[C@@]3(C)C[C@H](O)[C@@]12F. The molecular formula is C77H111F2N9O22. The number of carbonyl (C=O) groups is 8. The molecule has 2 unspecified atom stereocenters. The highest BCUT2D eigenvalue weighted by molar-refractivity contribution is 6.44. The van der Waals surface area contributed by atoms with Crippen molar-refractivity contribution in [1.82, 2.24) is 26.2 Å². The van der Waals surface area contributed by atoms with Gasteiger partial charge in [0.2, 0.25) is 35.3 Å². The number of aliphatic hydroxyl groups is 5. The number of Topliss-reactive ketones (excluding diaryl/α,β-unsaturated/α-hetero) is 1. The minimum absolute atomic E-state index is 0.0385. The van der Waals surface area contributed by atoms with E-state index in [1.54, 1.807) is 39.0 Å². The lowest BCUT2D eigenvalue weighted by atomic mass is 9.44. The zero-order chi connectivity index (χ0) is 79.7. The van der Waals surface area contributed by atoms with Gasteiger partial charge in [0, 0.05) is 47.6 Å². The number of carbonyl (C=O) groups excluding carboxylic acids is 8. The zero-order valence-electron chi connectivity index (χ0n) is 63.6. The third-order valence-corrected chi connectivity index (χ3v) is 22.5. The van der Waals surface area contributed by atoms with Crippen molar-refractivity contribution in [3.63, 3.8) is 0 Å². The van der Waals surface area contributed by atoms with Gasteiger partial charge in [0.1, 0.15) is 79.5 Å². The summed E-state index contributed by atoms with van der Waals surface area (Å²) in [6.07, 6.45) is -1.36. The van der Waals surface area contributed by atoms with Gasteiger partial charge in [0.25, 0.3) is 11.8 Å². The highest BCUT2D eigenvalue weighted by atomic mass is 19.1. The fourth-order valence-electron chi connectivity index (χ4n) is 16.5. The highest BCUT2D eigenvalue weighted by Gasteiger charge is 2.80. The molecule has 19 atom stereocenters. The molecule has 3 heterocycles. The summed E-state index contributed by atoms with van der Waals surface area (Å²) in [5.74, 6) is -0.357. The van der Waals surface area contributed by atoms with Crippen LogP contribution < -0.4 is 37.2 Å². The second-order valence-corrected chi connectivity index (χ2v) is 30.2. The number of hydrogen-bond donors (Lipinski definition) is 11. The Morgan fingerprint density at radius 1 is 0.791 bits per heavy atom. The van der Waals surface area contributed by atoms with Gasteiger partial charge >= 0.3 is 0 Å². The van der Waals surface area contributed by atoms with E-state index in [0.29, 0.717) is 61.9 Å². The van der Waals surface area contributed by atoms with E-state index in [1.165, 1.54) is 43.3 Å². The van der Waals surface area contributed by atoms with Gasteiger partial charge in [-0.1, -0.05) is 71.8 Å². The summed E-state index contributed by atoms with van der Waals surface area (Å²) in [4.78, 5) is 113. The lowest BCUT2D eigenvalue weighted by Crippen LogP contribution is -2.70. The molecule has 0 radical (unpaired) electrons. The normalized spacial score (nSPS) is 32.0. The smallest absolute Gasteiger partial charge is 0.253 e. The van der Waals surface area contributed by atoms with E-state index in [0.717, 1.165) is 11.3 Å². The van der Waals surface area contributed by atoms with Crippen LogP contribution in [0.5, 0.6) is 5.75 Å². The Kier molecular flexibility index (Phi) is 31.0. The molecule has 3 aliphatic heterocycles. The number of aliphatic hydroxyl groups excluding tert-OH is 5. The number of nitrogens with two attached hydrogens (primary N) is 1. The zero-order valence-corrected chi connectivity index (χ0v) is 63.6. The van der Waals surface area contributed by atoms with E-state index >= 15 is 8.78 Å². The molecule has 0 aromatic heterocycles. The minimum Gasteiger partial charge on any atom is -0.486 e. The maximum Gasteiger partial charge on any atom is 0.253 e. The number of alkyl halides is 2. The van der Waals surface area contributed by atoms with Crippen LogP contribution in [0.25, 0.3) is 0 Å². The number of anilines is 1. The molecule has 5 aliphatic carbocycles. The van der Waals surface area contributed by atoms with Crippen LogP contribution in [0.4, 0.5) is 14.5 Å². The standard InChI is InChI=1S/C77H111F2N9O22/c1-8-14-64-109-59-39-49-50-38-52(78)51-37-45(4)24-26-74(51,6)76(50,79)57(90)40-75(49,7)77(59,110-64)58(91)42-106-48-20-18-47(19-21-48)83-70(99)46(5)82-72(101)65(44(2)3)86-71(100)54(84-60(92)25-29-102-31-33-104-35-36-105-34-32-103-30-28-88-62(94)22-23-63(88)95)16-12-13-27-81-61(93)43-107-55-17-11-9-10-15-53(66(55)87-80)85-73-69(98)68(97)67(96)56(41-89)108-73/h18-24,26,37,44,46,49-50,52,54-57,59,64-65,67-69,73,89-90,96-98H,4,8-17,25,27-36,38-43,80H2,1-3,5-7H3,(H,81,93)(H,82,101)(H,83,99)(H,84,92)(H,86,100)/t46-,49-,50-,52-,54+,55?,56+,57-,59+,64?,65-,67-,68-,69+,73+,74-,75-,76-,77+/m0/s1. The van der Waals surface area contributed by atoms with Crippen LogP contribution in [0.2, 0.25) is 0 Å². The van der Waals surface area contributed by atoms with Crippen molar-refractivity contribution in [2.45, 2.75) is 222 Å².